The minimum atomic E-state index is -0.339. The van der Waals surface area contributed by atoms with Gasteiger partial charge in [-0.15, -0.1) is 10.2 Å². The summed E-state index contributed by atoms with van der Waals surface area (Å²) >= 11 is 7.32. The number of hydrogen-bond acceptors (Lipinski definition) is 9. The molecule has 0 bridgehead atoms. The molecule has 1 fully saturated rings. The molecule has 2 unspecified atom stereocenters. The molecule has 11 heteroatoms. The molecule has 0 aromatic carbocycles. The predicted molar refractivity (Wildman–Crippen MR) is 150 cm³/mol. The van der Waals surface area contributed by atoms with Crippen molar-refractivity contribution in [2.75, 3.05) is 25.6 Å². The highest BCUT2D eigenvalue weighted by Gasteiger charge is 2.29. The number of amides is 1. The maximum atomic E-state index is 12.7. The molecule has 1 aliphatic rings. The lowest BCUT2D eigenvalue weighted by Crippen LogP contribution is -2.43. The van der Waals surface area contributed by atoms with Crippen LogP contribution in [0.25, 0.3) is 11.1 Å². The van der Waals surface area contributed by atoms with Crippen LogP contribution in [-0.2, 0) is 9.47 Å². The summed E-state index contributed by atoms with van der Waals surface area (Å²) in [6.45, 7) is 13.8. The van der Waals surface area contributed by atoms with Crippen LogP contribution in [0.2, 0.25) is 5.15 Å². The van der Waals surface area contributed by atoms with Gasteiger partial charge in [0.2, 0.25) is 5.13 Å². The van der Waals surface area contributed by atoms with Gasteiger partial charge in [0.1, 0.15) is 15.9 Å². The quantitative estimate of drug-likeness (QED) is 0.342. The second-order valence-corrected chi connectivity index (χ2v) is 11.5. The Bertz CT molecular complexity index is 1240. The van der Waals surface area contributed by atoms with Gasteiger partial charge in [0.25, 0.3) is 5.91 Å². The van der Waals surface area contributed by atoms with Crippen LogP contribution in [0.15, 0.2) is 24.5 Å². The zero-order valence-electron chi connectivity index (χ0n) is 23.0. The second kappa shape index (κ2) is 13.4. The summed E-state index contributed by atoms with van der Waals surface area (Å²) in [5.41, 5.74) is 2.35. The highest BCUT2D eigenvalue weighted by Crippen LogP contribution is 2.34. The first kappa shape index (κ1) is 29.9. The summed E-state index contributed by atoms with van der Waals surface area (Å²) in [5.74, 6) is 0.909. The monoisotopic (exact) mass is 561 g/mol. The highest BCUT2D eigenvalue weighted by molar-refractivity contribution is 7.15. The smallest absolute Gasteiger partial charge is 0.259 e. The fourth-order valence-electron chi connectivity index (χ4n) is 3.95. The number of aromatic nitrogens is 4. The molecule has 9 nitrogen and oxygen atoms in total. The molecule has 0 saturated carbocycles. The fourth-order valence-corrected chi connectivity index (χ4v) is 4.70. The summed E-state index contributed by atoms with van der Waals surface area (Å²) in [6.07, 6.45) is 5.68. The Labute approximate surface area is 233 Å². The number of carbonyl (C=O) groups excluding carboxylic acids is 1. The van der Waals surface area contributed by atoms with Crippen molar-refractivity contribution in [2.24, 2.45) is 5.92 Å². The van der Waals surface area contributed by atoms with Gasteiger partial charge in [-0.25, -0.2) is 4.98 Å². The van der Waals surface area contributed by atoms with Gasteiger partial charge in [-0.2, -0.15) is 0 Å². The SMILES string of the molecule is CCC(C)CC1COCC(C)(C)O1.COc1cnc(Cl)cc1-c1cc(C)ncc1C(=O)Nc1nnc(C)s1. The highest BCUT2D eigenvalue weighted by atomic mass is 35.5. The van der Waals surface area contributed by atoms with E-state index < -0.39 is 0 Å². The van der Waals surface area contributed by atoms with Crippen molar-refractivity contribution in [3.8, 4) is 16.9 Å². The number of ether oxygens (including phenoxy) is 3. The van der Waals surface area contributed by atoms with Crippen LogP contribution < -0.4 is 10.1 Å². The Morgan fingerprint density at radius 1 is 1.24 bits per heavy atom. The molecular weight excluding hydrogens is 526 g/mol. The van der Waals surface area contributed by atoms with Gasteiger partial charge in [0.15, 0.2) is 0 Å². The second-order valence-electron chi connectivity index (χ2n) is 9.92. The van der Waals surface area contributed by atoms with E-state index in [-0.39, 0.29) is 11.5 Å². The van der Waals surface area contributed by atoms with Crippen molar-refractivity contribution >= 4 is 34.0 Å². The summed E-state index contributed by atoms with van der Waals surface area (Å²) in [4.78, 5) is 21.0. The predicted octanol–water partition coefficient (Wildman–Crippen LogP) is 6.14. The number of carbonyl (C=O) groups is 1. The molecule has 38 heavy (non-hydrogen) atoms. The molecule has 4 rings (SSSR count). The molecule has 1 aliphatic heterocycles. The molecule has 0 radical (unpaired) electrons. The number of hydrogen-bond donors (Lipinski definition) is 1. The molecular formula is C27H36ClN5O4S. The van der Waals surface area contributed by atoms with Crippen molar-refractivity contribution in [3.05, 3.63) is 45.9 Å². The van der Waals surface area contributed by atoms with Crippen LogP contribution in [0.3, 0.4) is 0 Å². The van der Waals surface area contributed by atoms with Crippen LogP contribution in [0.1, 0.15) is 61.6 Å². The van der Waals surface area contributed by atoms with Crippen LogP contribution in [0.4, 0.5) is 5.13 Å². The number of rotatable bonds is 7. The van der Waals surface area contributed by atoms with E-state index in [4.69, 9.17) is 25.8 Å². The van der Waals surface area contributed by atoms with Gasteiger partial charge in [-0.1, -0.05) is 43.2 Å². The number of methoxy groups -OCH3 is 1. The van der Waals surface area contributed by atoms with Crippen molar-refractivity contribution in [1.82, 2.24) is 20.2 Å². The maximum absolute atomic E-state index is 12.7. The number of aryl methyl sites for hydroxylation is 2. The number of nitrogens with one attached hydrogen (secondary N) is 1. The minimum Gasteiger partial charge on any atom is -0.494 e. The van der Waals surface area contributed by atoms with Crippen LogP contribution in [0.5, 0.6) is 5.75 Å². The summed E-state index contributed by atoms with van der Waals surface area (Å²) in [5, 5.41) is 12.0. The van der Waals surface area contributed by atoms with Gasteiger partial charge >= 0.3 is 0 Å². The molecule has 3 aromatic rings. The Morgan fingerprint density at radius 2 is 2.00 bits per heavy atom. The van der Waals surface area contributed by atoms with E-state index in [9.17, 15) is 4.79 Å². The molecule has 2 atom stereocenters. The Hall–Kier alpha value is -2.66. The standard InChI is InChI=1S/C16H14ClN5O2S.C11H22O2/c1-8-4-10(11-5-14(17)19-7-13(11)24-3)12(6-18-8)15(23)20-16-22-21-9(2)25-16;1-5-9(2)6-10-7-12-8-11(3,4)13-10/h4-7H,1-3H3,(H,20,22,23);9-10H,5-8H2,1-4H3. The van der Waals surface area contributed by atoms with Gasteiger partial charge in [0, 0.05) is 23.0 Å². The lowest BCUT2D eigenvalue weighted by molar-refractivity contribution is -0.186. The zero-order chi connectivity index (χ0) is 27.9. The van der Waals surface area contributed by atoms with Crippen LogP contribution >= 0.6 is 22.9 Å². The first-order valence-electron chi connectivity index (χ1n) is 12.5. The average Bonchev–Trinajstić information content (AvgIpc) is 3.27. The molecule has 0 aliphatic carbocycles. The molecule has 0 spiro atoms. The summed E-state index contributed by atoms with van der Waals surface area (Å²) in [6, 6.07) is 3.45. The van der Waals surface area contributed by atoms with Crippen molar-refractivity contribution in [3.63, 3.8) is 0 Å². The van der Waals surface area contributed by atoms with Crippen LogP contribution in [0, 0.1) is 19.8 Å². The number of pyridine rings is 2. The van der Waals surface area contributed by atoms with E-state index in [2.05, 4.69) is 53.2 Å². The third-order valence-corrected chi connectivity index (χ3v) is 6.94. The van der Waals surface area contributed by atoms with Gasteiger partial charge < -0.3 is 14.2 Å². The fraction of sp³-hybridized carbons (Fsp3) is 0.519. The van der Waals surface area contributed by atoms with E-state index in [0.29, 0.717) is 38.8 Å². The largest absolute Gasteiger partial charge is 0.494 e. The van der Waals surface area contributed by atoms with Crippen molar-refractivity contribution in [1.29, 1.82) is 0 Å². The van der Waals surface area contributed by atoms with Crippen molar-refractivity contribution in [2.45, 2.75) is 66.1 Å². The molecule has 1 saturated heterocycles. The lowest BCUT2D eigenvalue weighted by atomic mass is 9.99. The van der Waals surface area contributed by atoms with E-state index in [1.54, 1.807) is 12.1 Å². The Morgan fingerprint density at radius 3 is 2.63 bits per heavy atom. The zero-order valence-corrected chi connectivity index (χ0v) is 24.6. The molecule has 3 aromatic heterocycles. The Kier molecular flexibility index (Phi) is 10.6. The summed E-state index contributed by atoms with van der Waals surface area (Å²) in [7, 11) is 1.53. The number of anilines is 1. The van der Waals surface area contributed by atoms with Crippen molar-refractivity contribution < 1.29 is 19.0 Å². The maximum Gasteiger partial charge on any atom is 0.259 e. The lowest BCUT2D eigenvalue weighted by Gasteiger charge is -2.36. The van der Waals surface area contributed by atoms with E-state index in [1.165, 1.54) is 37.3 Å². The normalized spacial score (nSPS) is 17.2. The number of nitrogens with zero attached hydrogens (tertiary/aromatic N) is 4. The summed E-state index contributed by atoms with van der Waals surface area (Å²) < 4.78 is 16.8. The van der Waals surface area contributed by atoms with E-state index >= 15 is 0 Å². The first-order valence-corrected chi connectivity index (χ1v) is 13.7. The topological polar surface area (TPSA) is 108 Å². The average molecular weight is 562 g/mol. The van der Waals surface area contributed by atoms with Gasteiger partial charge in [0.05, 0.1) is 43.8 Å². The van der Waals surface area contributed by atoms with E-state index in [0.717, 1.165) is 36.3 Å². The van der Waals surface area contributed by atoms with E-state index in [1.807, 2.05) is 13.8 Å². The third-order valence-electron chi connectivity index (χ3n) is 5.98. The number of halogens is 1. The molecule has 1 N–H and O–H groups in total. The third kappa shape index (κ3) is 8.42. The molecule has 206 valence electrons. The Balaban J connectivity index is 0.000000260. The molecule has 4 heterocycles. The van der Waals surface area contributed by atoms with Gasteiger partial charge in [-0.05, 0) is 52.2 Å². The van der Waals surface area contributed by atoms with Gasteiger partial charge in [-0.3, -0.25) is 15.1 Å². The molecule has 1 amide bonds. The first-order chi connectivity index (χ1) is 18.0. The van der Waals surface area contributed by atoms with Crippen LogP contribution in [-0.4, -0.2) is 58.1 Å². The minimum absolute atomic E-state index is 0.0869.